The molecule has 2 atom stereocenters. The first-order chi connectivity index (χ1) is 12.4. The number of rotatable bonds is 11. The lowest BCUT2D eigenvalue weighted by atomic mass is 9.91. The number of ketones is 1. The molecule has 26 heavy (non-hydrogen) atoms. The Hall–Kier alpha value is -2.10. The molecule has 1 rings (SSSR count). The second-order valence-electron chi connectivity index (χ2n) is 6.57. The topological polar surface area (TPSA) is 108 Å². The summed E-state index contributed by atoms with van der Waals surface area (Å²) in [7, 11) is 0. The van der Waals surface area contributed by atoms with Gasteiger partial charge in [0.25, 0.3) is 0 Å². The second-order valence-corrected chi connectivity index (χ2v) is 6.57. The molecular weight excluding hydrogens is 330 g/mol. The molecule has 0 saturated carbocycles. The first-order valence-electron chi connectivity index (χ1n) is 9.30. The van der Waals surface area contributed by atoms with Crippen molar-refractivity contribution in [2.45, 2.75) is 59.1 Å². The molecule has 0 amide bonds. The van der Waals surface area contributed by atoms with E-state index < -0.39 is 6.10 Å². The number of carbonyl (C=O) groups excluding carboxylic acids is 1. The summed E-state index contributed by atoms with van der Waals surface area (Å²) in [5, 5.41) is 22.6. The fourth-order valence-corrected chi connectivity index (χ4v) is 2.66. The number of benzene rings is 1. The van der Waals surface area contributed by atoms with Gasteiger partial charge in [-0.1, -0.05) is 20.8 Å². The highest BCUT2D eigenvalue weighted by Gasteiger charge is 2.22. The lowest BCUT2D eigenvalue weighted by molar-refractivity contribution is 0.0913. The lowest BCUT2D eigenvalue weighted by Crippen LogP contribution is -2.36. The van der Waals surface area contributed by atoms with Crippen LogP contribution in [0.5, 0.6) is 5.75 Å². The number of anilines is 1. The molecule has 0 fully saturated rings. The van der Waals surface area contributed by atoms with Crippen LogP contribution in [0, 0.1) is 17.2 Å². The summed E-state index contributed by atoms with van der Waals surface area (Å²) in [6.07, 6.45) is 1.71. The molecule has 0 bridgehead atoms. The Morgan fingerprint density at radius 1 is 1.31 bits per heavy atom. The number of nitriles is 1. The third-order valence-corrected chi connectivity index (χ3v) is 4.69. The van der Waals surface area contributed by atoms with Crippen molar-refractivity contribution in [3.8, 4) is 11.8 Å². The predicted octanol–water partition coefficient (Wildman–Crippen LogP) is 2.89. The minimum atomic E-state index is -0.706. The number of ether oxygens (including phenoxy) is 1. The molecule has 0 aliphatic rings. The van der Waals surface area contributed by atoms with E-state index in [1.165, 1.54) is 0 Å². The highest BCUT2D eigenvalue weighted by atomic mass is 16.5. The number of nitrogens with zero attached hydrogens (tertiary/aromatic N) is 1. The Kier molecular flexibility index (Phi) is 9.11. The molecule has 4 N–H and O–H groups in total. The molecule has 0 radical (unpaired) electrons. The monoisotopic (exact) mass is 361 g/mol. The van der Waals surface area contributed by atoms with E-state index >= 15 is 0 Å². The number of carbonyl (C=O) groups is 1. The molecule has 0 spiro atoms. The normalized spacial score (nSPS) is 13.3. The third kappa shape index (κ3) is 5.72. The van der Waals surface area contributed by atoms with Crippen LogP contribution < -0.4 is 15.8 Å². The summed E-state index contributed by atoms with van der Waals surface area (Å²) in [6, 6.07) is 5.52. The van der Waals surface area contributed by atoms with Gasteiger partial charge in [0.15, 0.2) is 5.78 Å². The van der Waals surface area contributed by atoms with Gasteiger partial charge in [0.1, 0.15) is 30.1 Å². The van der Waals surface area contributed by atoms with Crippen molar-refractivity contribution in [2.24, 2.45) is 5.92 Å². The van der Waals surface area contributed by atoms with E-state index in [0.717, 1.165) is 19.3 Å². The molecular formula is C20H31N3O3. The fourth-order valence-electron chi connectivity index (χ4n) is 2.66. The van der Waals surface area contributed by atoms with Gasteiger partial charge in [-0.15, -0.1) is 0 Å². The van der Waals surface area contributed by atoms with Gasteiger partial charge in [0, 0.05) is 24.1 Å². The summed E-state index contributed by atoms with van der Waals surface area (Å²) in [4.78, 5) is 12.6. The first kappa shape index (κ1) is 21.9. The number of hydrogen-bond acceptors (Lipinski definition) is 6. The zero-order valence-corrected chi connectivity index (χ0v) is 16.2. The Labute approximate surface area is 156 Å². The Morgan fingerprint density at radius 2 is 1.96 bits per heavy atom. The molecule has 6 nitrogen and oxygen atoms in total. The standard InChI is InChI=1S/C20H31N3O3/c1-5-13(4)23-11-15(24)12-26-18-9-8-16(19(22)17(18)10-21)20(25)14(6-2)7-3/h8-9,13-15,23-24H,5-7,11-12,22H2,1-4H3. The van der Waals surface area contributed by atoms with Crippen molar-refractivity contribution in [1.82, 2.24) is 5.32 Å². The third-order valence-electron chi connectivity index (χ3n) is 4.69. The van der Waals surface area contributed by atoms with E-state index in [-0.39, 0.29) is 35.3 Å². The second kappa shape index (κ2) is 10.8. The number of nitrogen functional groups attached to an aromatic ring is 1. The van der Waals surface area contributed by atoms with Gasteiger partial charge in [-0.05, 0) is 38.3 Å². The van der Waals surface area contributed by atoms with Crippen molar-refractivity contribution in [1.29, 1.82) is 5.26 Å². The summed E-state index contributed by atoms with van der Waals surface area (Å²) >= 11 is 0. The van der Waals surface area contributed by atoms with E-state index in [1.54, 1.807) is 12.1 Å². The summed E-state index contributed by atoms with van der Waals surface area (Å²) < 4.78 is 5.58. The van der Waals surface area contributed by atoms with E-state index in [0.29, 0.717) is 18.2 Å². The molecule has 1 aromatic carbocycles. The van der Waals surface area contributed by atoms with Gasteiger partial charge < -0.3 is 20.9 Å². The van der Waals surface area contributed by atoms with Gasteiger partial charge in [-0.2, -0.15) is 5.26 Å². The van der Waals surface area contributed by atoms with E-state index in [1.807, 2.05) is 26.8 Å². The maximum absolute atomic E-state index is 12.6. The van der Waals surface area contributed by atoms with Crippen LogP contribution in [-0.2, 0) is 0 Å². The van der Waals surface area contributed by atoms with Crippen LogP contribution in [0.1, 0.15) is 62.9 Å². The van der Waals surface area contributed by atoms with Crippen LogP contribution in [0.3, 0.4) is 0 Å². The molecule has 0 aliphatic heterocycles. The van der Waals surface area contributed by atoms with Crippen LogP contribution >= 0.6 is 0 Å². The SMILES string of the molecule is CCC(C)NCC(O)COc1ccc(C(=O)C(CC)CC)c(N)c1C#N. The fraction of sp³-hybridized carbons (Fsp3) is 0.600. The highest BCUT2D eigenvalue weighted by Crippen LogP contribution is 2.30. The summed E-state index contributed by atoms with van der Waals surface area (Å²) in [5.74, 6) is 0.131. The van der Waals surface area contributed by atoms with Crippen LogP contribution in [0.2, 0.25) is 0 Å². The number of aliphatic hydroxyl groups excluding tert-OH is 1. The average molecular weight is 361 g/mol. The van der Waals surface area contributed by atoms with Crippen molar-refractivity contribution in [3.63, 3.8) is 0 Å². The number of nitrogens with one attached hydrogen (secondary N) is 1. The maximum atomic E-state index is 12.6. The lowest BCUT2D eigenvalue weighted by Gasteiger charge is -2.18. The number of aliphatic hydroxyl groups is 1. The van der Waals surface area contributed by atoms with Crippen molar-refractivity contribution in [3.05, 3.63) is 23.3 Å². The van der Waals surface area contributed by atoms with E-state index in [9.17, 15) is 15.2 Å². The van der Waals surface area contributed by atoms with Crippen molar-refractivity contribution in [2.75, 3.05) is 18.9 Å². The Bertz CT molecular complexity index is 636. The van der Waals surface area contributed by atoms with Crippen LogP contribution in [0.15, 0.2) is 12.1 Å². The van der Waals surface area contributed by atoms with Gasteiger partial charge in [-0.25, -0.2) is 0 Å². The highest BCUT2D eigenvalue weighted by molar-refractivity contribution is 6.03. The molecule has 144 valence electrons. The number of Topliss-reactive ketones (excluding diaryl/α,β-unsaturated/α-hetero) is 1. The Balaban J connectivity index is 2.87. The molecule has 6 heteroatoms. The number of nitrogens with two attached hydrogens (primary N) is 1. The summed E-state index contributed by atoms with van der Waals surface area (Å²) in [5.41, 5.74) is 6.72. The Morgan fingerprint density at radius 3 is 2.50 bits per heavy atom. The van der Waals surface area contributed by atoms with Gasteiger partial charge in [-0.3, -0.25) is 4.79 Å². The predicted molar refractivity (Wildman–Crippen MR) is 103 cm³/mol. The zero-order chi connectivity index (χ0) is 19.7. The largest absolute Gasteiger partial charge is 0.489 e. The minimum Gasteiger partial charge on any atom is -0.489 e. The van der Waals surface area contributed by atoms with Crippen LogP contribution in [-0.4, -0.2) is 36.2 Å². The van der Waals surface area contributed by atoms with Crippen molar-refractivity contribution >= 4 is 11.5 Å². The minimum absolute atomic E-state index is 0.0391. The number of hydrogen-bond donors (Lipinski definition) is 3. The summed E-state index contributed by atoms with van der Waals surface area (Å²) in [6.45, 7) is 8.46. The average Bonchev–Trinajstić information content (AvgIpc) is 2.65. The maximum Gasteiger partial charge on any atom is 0.168 e. The van der Waals surface area contributed by atoms with Gasteiger partial charge in [0.05, 0.1) is 5.69 Å². The first-order valence-corrected chi connectivity index (χ1v) is 9.30. The molecule has 0 heterocycles. The van der Waals surface area contributed by atoms with Gasteiger partial charge in [0.2, 0.25) is 0 Å². The smallest absolute Gasteiger partial charge is 0.168 e. The van der Waals surface area contributed by atoms with Gasteiger partial charge >= 0.3 is 0 Å². The quantitative estimate of drug-likeness (QED) is 0.413. The van der Waals surface area contributed by atoms with Crippen molar-refractivity contribution < 1.29 is 14.6 Å². The molecule has 0 saturated heterocycles. The van der Waals surface area contributed by atoms with E-state index in [4.69, 9.17) is 10.5 Å². The van der Waals surface area contributed by atoms with Crippen LogP contribution in [0.25, 0.3) is 0 Å². The molecule has 2 unspecified atom stereocenters. The molecule has 0 aromatic heterocycles. The molecule has 1 aromatic rings. The van der Waals surface area contributed by atoms with Crippen LogP contribution in [0.4, 0.5) is 5.69 Å². The van der Waals surface area contributed by atoms with E-state index in [2.05, 4.69) is 12.2 Å². The molecule has 0 aliphatic carbocycles. The zero-order valence-electron chi connectivity index (χ0n) is 16.2.